The highest BCUT2D eigenvalue weighted by Crippen LogP contribution is 2.28. The number of carbonyl (C=O) groups excluding carboxylic acids is 2. The van der Waals surface area contributed by atoms with Gasteiger partial charge in [-0.25, -0.2) is 0 Å². The molecular weight excluding hydrogens is 392 g/mol. The van der Waals surface area contributed by atoms with Crippen LogP contribution >= 0.6 is 11.8 Å². The van der Waals surface area contributed by atoms with E-state index in [1.165, 1.54) is 16.7 Å². The zero-order valence-corrected chi connectivity index (χ0v) is 16.7. The Bertz CT molecular complexity index is 1020. The maximum atomic E-state index is 12.4. The molecule has 9 heteroatoms. The highest BCUT2D eigenvalue weighted by atomic mass is 32.2. The van der Waals surface area contributed by atoms with Crippen LogP contribution in [-0.4, -0.2) is 50.9 Å². The average Bonchev–Trinajstić information content (AvgIpc) is 3.48. The van der Waals surface area contributed by atoms with E-state index in [-0.39, 0.29) is 17.6 Å². The third-order valence-electron chi connectivity index (χ3n) is 4.64. The molecule has 2 aromatic heterocycles. The number of benzene rings is 1. The minimum absolute atomic E-state index is 0.107. The van der Waals surface area contributed by atoms with Crippen molar-refractivity contribution in [1.29, 1.82) is 0 Å². The van der Waals surface area contributed by atoms with Crippen molar-refractivity contribution in [2.45, 2.75) is 24.5 Å². The summed E-state index contributed by atoms with van der Waals surface area (Å²) in [7, 11) is 1.61. The van der Waals surface area contributed by atoms with Crippen molar-refractivity contribution < 1.29 is 18.7 Å². The number of methoxy groups -OCH3 is 1. The molecule has 0 N–H and O–H groups in total. The van der Waals surface area contributed by atoms with Gasteiger partial charge in [-0.1, -0.05) is 23.9 Å². The van der Waals surface area contributed by atoms with Crippen molar-refractivity contribution in [2.75, 3.05) is 19.4 Å². The van der Waals surface area contributed by atoms with Gasteiger partial charge in [-0.3, -0.25) is 19.1 Å². The van der Waals surface area contributed by atoms with E-state index in [2.05, 4.69) is 10.2 Å². The zero-order valence-electron chi connectivity index (χ0n) is 15.9. The Kier molecular flexibility index (Phi) is 5.66. The van der Waals surface area contributed by atoms with Crippen LogP contribution in [-0.2, 0) is 16.1 Å². The third kappa shape index (κ3) is 4.19. The first-order chi connectivity index (χ1) is 14.2. The first-order valence-corrected chi connectivity index (χ1v) is 10.2. The van der Waals surface area contributed by atoms with E-state index < -0.39 is 0 Å². The van der Waals surface area contributed by atoms with Gasteiger partial charge >= 0.3 is 0 Å². The lowest BCUT2D eigenvalue weighted by molar-refractivity contribution is -0.140. The molecule has 3 heterocycles. The summed E-state index contributed by atoms with van der Waals surface area (Å²) in [5.74, 6) is 1.93. The summed E-state index contributed by atoms with van der Waals surface area (Å²) in [6.07, 6.45) is 2.77. The quantitative estimate of drug-likeness (QED) is 0.551. The van der Waals surface area contributed by atoms with E-state index in [1.54, 1.807) is 13.4 Å². The van der Waals surface area contributed by atoms with Gasteiger partial charge in [0.1, 0.15) is 11.5 Å². The summed E-state index contributed by atoms with van der Waals surface area (Å²) in [6, 6.07) is 11.2. The van der Waals surface area contributed by atoms with Crippen LogP contribution in [0.5, 0.6) is 5.75 Å². The second kappa shape index (κ2) is 8.52. The first kappa shape index (κ1) is 19.3. The number of likely N-dealkylation sites (tertiary alicyclic amines) is 1. The number of hydrogen-bond acceptors (Lipinski definition) is 7. The monoisotopic (exact) mass is 412 g/mol. The lowest BCUT2D eigenvalue weighted by Crippen LogP contribution is -2.33. The molecule has 29 heavy (non-hydrogen) atoms. The summed E-state index contributed by atoms with van der Waals surface area (Å²) < 4.78 is 12.7. The van der Waals surface area contributed by atoms with Gasteiger partial charge in [0.2, 0.25) is 11.8 Å². The molecule has 0 spiro atoms. The molecule has 8 nitrogen and oxygen atoms in total. The molecule has 0 aliphatic carbocycles. The van der Waals surface area contributed by atoms with Gasteiger partial charge in [0.15, 0.2) is 11.0 Å². The second-order valence-corrected chi connectivity index (χ2v) is 7.48. The number of amides is 2. The number of nitrogens with zero attached hydrogens (tertiary/aromatic N) is 4. The molecule has 0 unspecified atom stereocenters. The molecule has 0 bridgehead atoms. The Morgan fingerprint density at radius 3 is 2.90 bits per heavy atom. The Morgan fingerprint density at radius 2 is 2.17 bits per heavy atom. The predicted molar refractivity (Wildman–Crippen MR) is 106 cm³/mol. The molecular formula is C20H20N4O4S. The fourth-order valence-electron chi connectivity index (χ4n) is 3.19. The number of imide groups is 1. The summed E-state index contributed by atoms with van der Waals surface area (Å²) in [6.45, 7) is 0.915. The smallest absolute Gasteiger partial charge is 0.239 e. The van der Waals surface area contributed by atoms with Crippen molar-refractivity contribution in [3.05, 3.63) is 48.4 Å². The normalized spacial score (nSPS) is 13.8. The van der Waals surface area contributed by atoms with Crippen molar-refractivity contribution in [1.82, 2.24) is 19.7 Å². The number of carbonyl (C=O) groups is 2. The van der Waals surface area contributed by atoms with Crippen molar-refractivity contribution in [3.63, 3.8) is 0 Å². The van der Waals surface area contributed by atoms with Crippen LogP contribution in [0.15, 0.2) is 52.2 Å². The molecule has 1 aliphatic rings. The fourth-order valence-corrected chi connectivity index (χ4v) is 4.00. The van der Waals surface area contributed by atoms with Gasteiger partial charge in [0.05, 0.1) is 25.7 Å². The van der Waals surface area contributed by atoms with Gasteiger partial charge in [0, 0.05) is 18.5 Å². The van der Waals surface area contributed by atoms with Crippen molar-refractivity contribution in [2.24, 2.45) is 0 Å². The minimum Gasteiger partial charge on any atom is -0.497 e. The van der Waals surface area contributed by atoms with Crippen LogP contribution in [0.2, 0.25) is 0 Å². The topological polar surface area (TPSA) is 90.5 Å². The number of aromatic nitrogens is 3. The third-order valence-corrected chi connectivity index (χ3v) is 5.59. The molecule has 0 radical (unpaired) electrons. The van der Waals surface area contributed by atoms with Crippen molar-refractivity contribution >= 4 is 23.6 Å². The molecule has 1 saturated heterocycles. The largest absolute Gasteiger partial charge is 0.497 e. The minimum atomic E-state index is -0.201. The predicted octanol–water partition coefficient (Wildman–Crippen LogP) is 2.84. The van der Waals surface area contributed by atoms with Gasteiger partial charge < -0.3 is 9.15 Å². The summed E-state index contributed by atoms with van der Waals surface area (Å²) in [4.78, 5) is 25.5. The SMILES string of the molecule is COc1cccc(-c2nnc(SCC(=O)N3CCCC3=O)n2Cc2ccco2)c1. The zero-order chi connectivity index (χ0) is 20.2. The van der Waals surface area contributed by atoms with Crippen LogP contribution in [0.25, 0.3) is 11.4 Å². The number of hydrogen-bond donors (Lipinski definition) is 0. The Labute approximate surface area is 171 Å². The number of rotatable bonds is 7. The molecule has 1 aromatic carbocycles. The van der Waals surface area contributed by atoms with E-state index in [1.807, 2.05) is 41.0 Å². The number of thioether (sulfide) groups is 1. The maximum absolute atomic E-state index is 12.4. The maximum Gasteiger partial charge on any atom is 0.239 e. The lowest BCUT2D eigenvalue weighted by Gasteiger charge is -2.13. The molecule has 1 aliphatic heterocycles. The Hall–Kier alpha value is -3.07. The van der Waals surface area contributed by atoms with Crippen LogP contribution in [0.4, 0.5) is 0 Å². The van der Waals surface area contributed by atoms with E-state index in [0.29, 0.717) is 36.2 Å². The summed E-state index contributed by atoms with van der Waals surface area (Å²) >= 11 is 1.26. The van der Waals surface area contributed by atoms with E-state index in [0.717, 1.165) is 17.7 Å². The molecule has 0 saturated carbocycles. The standard InChI is InChI=1S/C20H20N4O4S/c1-27-15-6-2-5-14(11-15)19-21-22-20(24(19)12-16-7-4-10-28-16)29-13-18(26)23-9-3-8-17(23)25/h2,4-7,10-11H,3,8-9,12-13H2,1H3. The van der Waals surface area contributed by atoms with E-state index >= 15 is 0 Å². The van der Waals surface area contributed by atoms with Gasteiger partial charge in [-0.15, -0.1) is 10.2 Å². The molecule has 1 fully saturated rings. The van der Waals surface area contributed by atoms with E-state index in [4.69, 9.17) is 9.15 Å². The molecule has 3 aromatic rings. The highest BCUT2D eigenvalue weighted by Gasteiger charge is 2.27. The van der Waals surface area contributed by atoms with Crippen LogP contribution in [0, 0.1) is 0 Å². The van der Waals surface area contributed by atoms with E-state index in [9.17, 15) is 9.59 Å². The lowest BCUT2D eigenvalue weighted by atomic mass is 10.2. The second-order valence-electron chi connectivity index (χ2n) is 6.53. The molecule has 4 rings (SSSR count). The van der Waals surface area contributed by atoms with Gasteiger partial charge in [0.25, 0.3) is 0 Å². The van der Waals surface area contributed by atoms with Crippen LogP contribution < -0.4 is 4.74 Å². The summed E-state index contributed by atoms with van der Waals surface area (Å²) in [5, 5.41) is 9.20. The Morgan fingerprint density at radius 1 is 1.28 bits per heavy atom. The Balaban J connectivity index is 1.60. The average molecular weight is 412 g/mol. The highest BCUT2D eigenvalue weighted by molar-refractivity contribution is 7.99. The molecule has 2 amide bonds. The molecule has 0 atom stereocenters. The number of ether oxygens (including phenoxy) is 1. The molecule has 150 valence electrons. The summed E-state index contributed by atoms with van der Waals surface area (Å²) in [5.41, 5.74) is 0.844. The van der Waals surface area contributed by atoms with Gasteiger partial charge in [-0.2, -0.15) is 0 Å². The van der Waals surface area contributed by atoms with Gasteiger partial charge in [-0.05, 0) is 30.7 Å². The first-order valence-electron chi connectivity index (χ1n) is 9.21. The van der Waals surface area contributed by atoms with Crippen LogP contribution in [0.1, 0.15) is 18.6 Å². The van der Waals surface area contributed by atoms with Crippen LogP contribution in [0.3, 0.4) is 0 Å². The fraction of sp³-hybridized carbons (Fsp3) is 0.300. The van der Waals surface area contributed by atoms with Crippen molar-refractivity contribution in [3.8, 4) is 17.1 Å². The number of furan rings is 1.